The van der Waals surface area contributed by atoms with E-state index < -0.39 is 0 Å². The molecule has 82 valence electrons. The molecular weight excluding hydrogens is 191 g/mol. The fourth-order valence-electron chi connectivity index (χ4n) is 2.05. The highest BCUT2D eigenvalue weighted by Crippen LogP contribution is 2.30. The summed E-state index contributed by atoms with van der Waals surface area (Å²) in [5, 5.41) is 3.38. The van der Waals surface area contributed by atoms with Crippen LogP contribution >= 0.6 is 0 Å². The maximum absolute atomic E-state index is 12.2. The largest absolute Gasteiger partial charge is 0.381 e. The Kier molecular flexibility index (Phi) is 3.09. The first-order valence-electron chi connectivity index (χ1n) is 5.48. The van der Waals surface area contributed by atoms with Crippen molar-refractivity contribution >= 4 is 11.4 Å². The molecule has 1 heterocycles. The number of benzene rings is 1. The molecule has 2 rings (SSSR count). The molecule has 0 bridgehead atoms. The van der Waals surface area contributed by atoms with Crippen LogP contribution in [0.25, 0.3) is 0 Å². The average molecular weight is 208 g/mol. The zero-order chi connectivity index (χ0) is 10.7. The predicted molar refractivity (Wildman–Crippen MR) is 62.3 cm³/mol. The van der Waals surface area contributed by atoms with E-state index in [1.807, 2.05) is 12.1 Å². The van der Waals surface area contributed by atoms with Gasteiger partial charge in [0.05, 0.1) is 18.0 Å². The molecular formula is C12H17FN2. The third-order valence-electron chi connectivity index (χ3n) is 2.87. The highest BCUT2D eigenvalue weighted by Gasteiger charge is 2.21. The maximum Gasteiger partial charge on any atom is 0.0911 e. The van der Waals surface area contributed by atoms with Crippen LogP contribution < -0.4 is 10.2 Å². The Labute approximate surface area is 90.1 Å². The van der Waals surface area contributed by atoms with Crippen LogP contribution in [0.4, 0.5) is 15.8 Å². The Morgan fingerprint density at radius 1 is 1.47 bits per heavy atom. The fourth-order valence-corrected chi connectivity index (χ4v) is 2.05. The van der Waals surface area contributed by atoms with Gasteiger partial charge >= 0.3 is 0 Å². The summed E-state index contributed by atoms with van der Waals surface area (Å²) in [5.41, 5.74) is 2.36. The quantitative estimate of drug-likeness (QED) is 0.821. The third kappa shape index (κ3) is 2.06. The lowest BCUT2D eigenvalue weighted by Crippen LogP contribution is -2.42. The van der Waals surface area contributed by atoms with Gasteiger partial charge in [-0.15, -0.1) is 0 Å². The molecule has 1 aromatic rings. The lowest BCUT2D eigenvalue weighted by Gasteiger charge is -2.37. The molecule has 0 radical (unpaired) electrons. The van der Waals surface area contributed by atoms with Crippen molar-refractivity contribution in [1.82, 2.24) is 0 Å². The van der Waals surface area contributed by atoms with Gasteiger partial charge in [0.15, 0.2) is 0 Å². The Morgan fingerprint density at radius 3 is 3.07 bits per heavy atom. The second-order valence-electron chi connectivity index (χ2n) is 3.98. The summed E-state index contributed by atoms with van der Waals surface area (Å²) in [6.07, 6.45) is 0.610. The number of fused-ring (bicyclic) bond motifs is 1. The van der Waals surface area contributed by atoms with Crippen LogP contribution in [0.2, 0.25) is 0 Å². The molecule has 0 fully saturated rings. The monoisotopic (exact) mass is 208 g/mol. The average Bonchev–Trinajstić information content (AvgIpc) is 2.28. The molecule has 15 heavy (non-hydrogen) atoms. The van der Waals surface area contributed by atoms with Gasteiger partial charge in [0.1, 0.15) is 0 Å². The van der Waals surface area contributed by atoms with Crippen molar-refractivity contribution in [2.24, 2.45) is 0 Å². The summed E-state index contributed by atoms with van der Waals surface area (Å²) >= 11 is 0. The summed E-state index contributed by atoms with van der Waals surface area (Å²) in [7, 11) is 0. The first kappa shape index (κ1) is 10.3. The number of rotatable bonds is 3. The smallest absolute Gasteiger partial charge is 0.0911 e. The van der Waals surface area contributed by atoms with Crippen molar-refractivity contribution in [3.8, 4) is 0 Å². The summed E-state index contributed by atoms with van der Waals surface area (Å²) in [6.45, 7) is 3.67. The van der Waals surface area contributed by atoms with E-state index in [4.69, 9.17) is 0 Å². The summed E-state index contributed by atoms with van der Waals surface area (Å²) in [6, 6.07) is 8.65. The highest BCUT2D eigenvalue weighted by molar-refractivity contribution is 5.72. The summed E-state index contributed by atoms with van der Waals surface area (Å²) < 4.78 is 12.2. The van der Waals surface area contributed by atoms with Crippen LogP contribution in [0.15, 0.2) is 24.3 Å². The van der Waals surface area contributed by atoms with Gasteiger partial charge < -0.3 is 10.2 Å². The molecule has 1 atom stereocenters. The van der Waals surface area contributed by atoms with Gasteiger partial charge in [-0.05, 0) is 25.5 Å². The van der Waals surface area contributed by atoms with Crippen molar-refractivity contribution in [3.05, 3.63) is 24.3 Å². The number of alkyl halides is 1. The van der Waals surface area contributed by atoms with E-state index in [1.165, 1.54) is 5.69 Å². The van der Waals surface area contributed by atoms with Crippen LogP contribution in [0.5, 0.6) is 0 Å². The Hall–Kier alpha value is -1.25. The van der Waals surface area contributed by atoms with Crippen LogP contribution in [0.3, 0.4) is 0 Å². The minimum atomic E-state index is -0.237. The molecule has 1 aliphatic heterocycles. The van der Waals surface area contributed by atoms with Crippen LogP contribution in [-0.4, -0.2) is 25.8 Å². The van der Waals surface area contributed by atoms with E-state index in [1.54, 1.807) is 0 Å². The van der Waals surface area contributed by atoms with Crippen molar-refractivity contribution < 1.29 is 4.39 Å². The molecule has 0 saturated carbocycles. The lowest BCUT2D eigenvalue weighted by molar-refractivity contribution is 0.464. The van der Waals surface area contributed by atoms with E-state index >= 15 is 0 Å². The second-order valence-corrected chi connectivity index (χ2v) is 3.98. The molecule has 2 nitrogen and oxygen atoms in total. The first-order chi connectivity index (χ1) is 7.33. The standard InChI is InChI=1S/C12H17FN2/c1-10-9-14-11-5-2-3-6-12(11)15(10)8-4-7-13/h2-3,5-6,10,14H,4,7-9H2,1H3. The van der Waals surface area contributed by atoms with Gasteiger partial charge in [-0.25, -0.2) is 0 Å². The van der Waals surface area contributed by atoms with E-state index in [-0.39, 0.29) is 6.67 Å². The minimum Gasteiger partial charge on any atom is -0.381 e. The van der Waals surface area contributed by atoms with Gasteiger partial charge in [0.2, 0.25) is 0 Å². The molecule has 0 amide bonds. The van der Waals surface area contributed by atoms with Crippen molar-refractivity contribution in [2.45, 2.75) is 19.4 Å². The normalized spacial score (nSPS) is 19.6. The van der Waals surface area contributed by atoms with Crippen molar-refractivity contribution in [3.63, 3.8) is 0 Å². The third-order valence-corrected chi connectivity index (χ3v) is 2.87. The number of hydrogen-bond donors (Lipinski definition) is 1. The van der Waals surface area contributed by atoms with Gasteiger partial charge in [0, 0.05) is 19.1 Å². The van der Waals surface area contributed by atoms with Crippen LogP contribution in [-0.2, 0) is 0 Å². The molecule has 1 unspecified atom stereocenters. The first-order valence-corrected chi connectivity index (χ1v) is 5.48. The van der Waals surface area contributed by atoms with Gasteiger partial charge in [-0.3, -0.25) is 4.39 Å². The van der Waals surface area contributed by atoms with E-state index in [0.717, 1.165) is 18.8 Å². The van der Waals surface area contributed by atoms with Gasteiger partial charge in [-0.2, -0.15) is 0 Å². The number of anilines is 2. The van der Waals surface area contributed by atoms with Gasteiger partial charge in [-0.1, -0.05) is 12.1 Å². The van der Waals surface area contributed by atoms with E-state index in [9.17, 15) is 4.39 Å². The van der Waals surface area contributed by atoms with E-state index in [0.29, 0.717) is 12.5 Å². The molecule has 0 saturated heterocycles. The Bertz CT molecular complexity index is 327. The summed E-state index contributed by atoms with van der Waals surface area (Å²) in [5.74, 6) is 0. The van der Waals surface area contributed by atoms with Gasteiger partial charge in [0.25, 0.3) is 0 Å². The Morgan fingerprint density at radius 2 is 2.27 bits per heavy atom. The Balaban J connectivity index is 2.21. The molecule has 0 spiro atoms. The fraction of sp³-hybridized carbons (Fsp3) is 0.500. The molecule has 1 aromatic carbocycles. The number of nitrogens with zero attached hydrogens (tertiary/aromatic N) is 1. The topological polar surface area (TPSA) is 15.3 Å². The molecule has 1 aliphatic rings. The zero-order valence-electron chi connectivity index (χ0n) is 9.04. The molecule has 3 heteroatoms. The van der Waals surface area contributed by atoms with Crippen molar-refractivity contribution in [2.75, 3.05) is 30.0 Å². The van der Waals surface area contributed by atoms with E-state index in [2.05, 4.69) is 29.3 Å². The lowest BCUT2D eigenvalue weighted by atomic mass is 10.1. The number of nitrogens with one attached hydrogen (secondary N) is 1. The number of halogens is 1. The molecule has 0 aliphatic carbocycles. The second kappa shape index (κ2) is 4.51. The zero-order valence-corrected chi connectivity index (χ0v) is 9.04. The predicted octanol–water partition coefficient (Wildman–Crippen LogP) is 2.67. The summed E-state index contributed by atoms with van der Waals surface area (Å²) in [4.78, 5) is 2.28. The minimum absolute atomic E-state index is 0.237. The number of hydrogen-bond acceptors (Lipinski definition) is 2. The molecule has 1 N–H and O–H groups in total. The molecule has 0 aromatic heterocycles. The highest BCUT2D eigenvalue weighted by atomic mass is 19.1. The SMILES string of the molecule is CC1CNc2ccccc2N1CCCF. The van der Waals surface area contributed by atoms with Crippen LogP contribution in [0.1, 0.15) is 13.3 Å². The van der Waals surface area contributed by atoms with Crippen LogP contribution in [0, 0.1) is 0 Å². The number of para-hydroxylation sites is 2. The maximum atomic E-state index is 12.2. The van der Waals surface area contributed by atoms with Crippen molar-refractivity contribution in [1.29, 1.82) is 0 Å².